The molecule has 2 N–H and O–H groups in total. The van der Waals surface area contributed by atoms with E-state index in [1.54, 1.807) is 67.6 Å². The number of esters is 1. The molecule has 0 radical (unpaired) electrons. The van der Waals surface area contributed by atoms with Crippen LogP contribution in [-0.4, -0.2) is 153 Å². The molecule has 4 aromatic carbocycles. The number of piperazine rings is 2. The number of hydrogen-bond donors (Lipinski definition) is 2. The van der Waals surface area contributed by atoms with Gasteiger partial charge < -0.3 is 24.2 Å². The van der Waals surface area contributed by atoms with E-state index < -0.39 is 36.6 Å². The van der Waals surface area contributed by atoms with Crippen molar-refractivity contribution < 1.29 is 42.2 Å². The molecule has 4 aliphatic rings. The van der Waals surface area contributed by atoms with Gasteiger partial charge in [0, 0.05) is 100 Å². The first-order valence-corrected chi connectivity index (χ1v) is 29.2. The van der Waals surface area contributed by atoms with E-state index in [1.807, 2.05) is 85.3 Å². The Labute approximate surface area is 484 Å². The summed E-state index contributed by atoms with van der Waals surface area (Å²) in [5.41, 5.74) is 6.55. The third kappa shape index (κ3) is 12.3. The van der Waals surface area contributed by atoms with Crippen molar-refractivity contribution in [1.82, 2.24) is 39.8 Å². The number of carbonyl (C=O) groups is 5. The average Bonchev–Trinajstić information content (AvgIpc) is 4.27. The topological polar surface area (TPSA) is 188 Å². The summed E-state index contributed by atoms with van der Waals surface area (Å²) in [5.74, 6) is -4.46. The molecule has 434 valence electrons. The van der Waals surface area contributed by atoms with Gasteiger partial charge in [-0.15, -0.1) is 0 Å². The summed E-state index contributed by atoms with van der Waals surface area (Å²) < 4.78 is 46.8. The second-order valence-electron chi connectivity index (χ2n) is 23.3. The molecule has 0 aliphatic carbocycles. The molecule has 11 rings (SSSR count). The fraction of sp³-hybridized carbons (Fsp3) is 0.419. The zero-order valence-corrected chi connectivity index (χ0v) is 48.7. The zero-order valence-electron chi connectivity index (χ0n) is 47.8. The lowest BCUT2D eigenvalue weighted by molar-refractivity contribution is -0.136. The highest BCUT2D eigenvalue weighted by atomic mass is 32.1. The van der Waals surface area contributed by atoms with E-state index in [0.717, 1.165) is 37.9 Å². The number of imide groups is 1. The van der Waals surface area contributed by atoms with Crippen LogP contribution in [-0.2, 0) is 39.1 Å². The number of alkyl halides is 2. The molecule has 3 fully saturated rings. The Kier molecular flexibility index (Phi) is 15.8. The van der Waals surface area contributed by atoms with E-state index in [4.69, 9.17) is 14.5 Å². The van der Waals surface area contributed by atoms with E-state index >= 15 is 8.78 Å². The van der Waals surface area contributed by atoms with E-state index in [1.165, 1.54) is 11.3 Å². The number of anilines is 3. The largest absolute Gasteiger partial charge is 0.487 e. The standard InChI is InChI=1S/C62H69F2N11O7S/c1-37-31-71(32-38(2)75(37)34-54(77)73-28-26-72(27-29-73)41-18-19-45-49(30-41)70(7)69-55(45)46-21-23-53(76)67-58(46)79)35-62(63,64)36-81-50-16-11-13-42(39(50)3)43-20-22-52(66-56(43)59(80)82-61(4,5)6)74-25-24-40-12-10-14-44(47(40)33-74)57(78)68-60-65-48-15-8-9-17-51(48)83-60/h8-20,22,30,37-38,46H,21,23-29,31-36H2,1-7H3,(H,65,68,78)(H,67,76,79)/t37-,38+,46?. The molecule has 4 amide bonds. The van der Waals surface area contributed by atoms with E-state index in [9.17, 15) is 24.0 Å². The Balaban J connectivity index is 0.704. The summed E-state index contributed by atoms with van der Waals surface area (Å²) in [6, 6.07) is 27.9. The Bertz CT molecular complexity index is 3620. The summed E-state index contributed by atoms with van der Waals surface area (Å²) in [4.78, 5) is 85.7. The summed E-state index contributed by atoms with van der Waals surface area (Å²) >= 11 is 1.41. The van der Waals surface area contributed by atoms with Gasteiger partial charge in [-0.3, -0.25) is 44.3 Å². The van der Waals surface area contributed by atoms with E-state index in [0.29, 0.717) is 104 Å². The number of piperidine rings is 1. The number of fused-ring (bicyclic) bond motifs is 3. The molecular weight excluding hydrogens is 1080 g/mol. The van der Waals surface area contributed by atoms with Crippen molar-refractivity contribution in [3.05, 3.63) is 125 Å². The van der Waals surface area contributed by atoms with Crippen LogP contribution in [0.5, 0.6) is 5.75 Å². The number of halogens is 2. The molecule has 21 heteroatoms. The van der Waals surface area contributed by atoms with Crippen molar-refractivity contribution in [2.45, 2.75) is 96.9 Å². The molecule has 3 saturated heterocycles. The molecule has 4 aliphatic heterocycles. The van der Waals surface area contributed by atoms with Gasteiger partial charge in [0.25, 0.3) is 11.8 Å². The van der Waals surface area contributed by atoms with Crippen molar-refractivity contribution >= 4 is 78.7 Å². The van der Waals surface area contributed by atoms with Crippen molar-refractivity contribution in [1.29, 1.82) is 0 Å². The van der Waals surface area contributed by atoms with Crippen molar-refractivity contribution in [3.8, 4) is 16.9 Å². The lowest BCUT2D eigenvalue weighted by atomic mass is 9.93. The molecule has 0 saturated carbocycles. The number of benzene rings is 4. The molecule has 3 atom stereocenters. The minimum atomic E-state index is -3.23. The highest BCUT2D eigenvalue weighted by molar-refractivity contribution is 7.22. The van der Waals surface area contributed by atoms with Crippen molar-refractivity contribution in [2.24, 2.45) is 7.05 Å². The normalized spacial score (nSPS) is 19.2. The number of aromatic nitrogens is 4. The predicted octanol–water partition coefficient (Wildman–Crippen LogP) is 8.60. The first kappa shape index (κ1) is 57.0. The molecule has 7 aromatic rings. The van der Waals surface area contributed by atoms with Gasteiger partial charge in [0.2, 0.25) is 17.7 Å². The molecular formula is C62H69F2N11O7S. The number of nitrogens with zero attached hydrogens (tertiary/aromatic N) is 9. The molecule has 1 unspecified atom stereocenters. The first-order chi connectivity index (χ1) is 39.6. The lowest BCUT2D eigenvalue weighted by Crippen LogP contribution is -2.61. The number of thiazole rings is 1. The van der Waals surface area contributed by atoms with Crippen molar-refractivity contribution in [2.75, 3.05) is 80.6 Å². The quantitative estimate of drug-likeness (QED) is 0.0778. The van der Waals surface area contributed by atoms with Gasteiger partial charge in [0.15, 0.2) is 17.4 Å². The Hall–Kier alpha value is -7.88. The van der Waals surface area contributed by atoms with Gasteiger partial charge >= 0.3 is 5.97 Å². The molecule has 7 heterocycles. The van der Waals surface area contributed by atoms with Crippen LogP contribution < -0.4 is 25.2 Å². The number of nitrogens with one attached hydrogen (secondary N) is 2. The summed E-state index contributed by atoms with van der Waals surface area (Å²) in [5, 5.41) is 11.5. The average molecular weight is 1150 g/mol. The van der Waals surface area contributed by atoms with Crippen LogP contribution >= 0.6 is 11.3 Å². The van der Waals surface area contributed by atoms with Gasteiger partial charge in [0.1, 0.15) is 17.2 Å². The highest BCUT2D eigenvalue weighted by Gasteiger charge is 2.40. The van der Waals surface area contributed by atoms with Crippen LogP contribution in [0.4, 0.5) is 25.4 Å². The Morgan fingerprint density at radius 3 is 2.35 bits per heavy atom. The third-order valence-corrected chi connectivity index (χ3v) is 17.2. The zero-order chi connectivity index (χ0) is 58.5. The molecule has 0 bridgehead atoms. The van der Waals surface area contributed by atoms with Crippen molar-refractivity contribution in [3.63, 3.8) is 0 Å². The highest BCUT2D eigenvalue weighted by Crippen LogP contribution is 2.37. The number of hydrogen-bond acceptors (Lipinski definition) is 15. The second kappa shape index (κ2) is 23.0. The van der Waals surface area contributed by atoms with Gasteiger partial charge in [-0.1, -0.05) is 47.7 Å². The molecule has 18 nitrogen and oxygen atoms in total. The minimum absolute atomic E-state index is 0.000855. The maximum atomic E-state index is 16.1. The van der Waals surface area contributed by atoms with E-state index in [2.05, 4.69) is 36.6 Å². The molecule has 3 aromatic heterocycles. The van der Waals surface area contributed by atoms with Crippen LogP contribution in [0.1, 0.15) is 96.6 Å². The second-order valence-corrected chi connectivity index (χ2v) is 24.4. The lowest BCUT2D eigenvalue weighted by Gasteiger charge is -2.45. The number of carbonyl (C=O) groups excluding carboxylic acids is 5. The summed E-state index contributed by atoms with van der Waals surface area (Å²) in [6.45, 7) is 13.8. The summed E-state index contributed by atoms with van der Waals surface area (Å²) in [6.07, 6.45) is 1.33. The fourth-order valence-electron chi connectivity index (χ4n) is 12.1. The Morgan fingerprint density at radius 1 is 0.843 bits per heavy atom. The minimum Gasteiger partial charge on any atom is -0.487 e. The van der Waals surface area contributed by atoms with Gasteiger partial charge in [-0.05, 0) is 131 Å². The van der Waals surface area contributed by atoms with E-state index in [-0.39, 0.29) is 60.1 Å². The predicted molar refractivity (Wildman–Crippen MR) is 315 cm³/mol. The van der Waals surface area contributed by atoms with Crippen LogP contribution in [0.15, 0.2) is 91.0 Å². The first-order valence-electron chi connectivity index (χ1n) is 28.3. The molecule has 0 spiro atoms. The van der Waals surface area contributed by atoms with Crippen LogP contribution in [0.25, 0.3) is 32.2 Å². The van der Waals surface area contributed by atoms with Crippen LogP contribution in [0.3, 0.4) is 0 Å². The maximum Gasteiger partial charge on any atom is 0.358 e. The fourth-order valence-corrected chi connectivity index (χ4v) is 12.9. The number of para-hydroxylation sites is 1. The number of aryl methyl sites for hydroxylation is 1. The van der Waals surface area contributed by atoms with Gasteiger partial charge in [-0.2, -0.15) is 5.10 Å². The number of pyridine rings is 1. The smallest absolute Gasteiger partial charge is 0.358 e. The number of ether oxygens (including phenoxy) is 2. The monoisotopic (exact) mass is 1150 g/mol. The maximum absolute atomic E-state index is 16.1. The number of rotatable bonds is 14. The van der Waals surface area contributed by atoms with Crippen LogP contribution in [0.2, 0.25) is 0 Å². The Morgan fingerprint density at radius 2 is 1.60 bits per heavy atom. The third-order valence-electron chi connectivity index (χ3n) is 16.2. The van der Waals surface area contributed by atoms with Gasteiger partial charge in [0.05, 0.1) is 40.4 Å². The molecule has 83 heavy (non-hydrogen) atoms. The van der Waals surface area contributed by atoms with Crippen LogP contribution in [0, 0.1) is 6.92 Å². The SMILES string of the molecule is Cc1c(OCC(F)(F)CN2C[C@@H](C)N(CC(=O)N3CCN(c4ccc5c(C6CCC(=O)NC6=O)nn(C)c5c4)CC3)[C@@H](C)C2)cccc1-c1ccc(N2CCc3cccc(C(=O)Nc4nc5ccccc5s4)c3C2)nc1C(=O)OC(C)(C)C. The van der Waals surface area contributed by atoms with Gasteiger partial charge in [-0.25, -0.2) is 23.5 Å². The number of amides is 4. The summed E-state index contributed by atoms with van der Waals surface area (Å²) in [7, 11) is 1.84.